The normalized spacial score (nSPS) is 17.4. The zero-order valence-corrected chi connectivity index (χ0v) is 23.7. The number of hydrogen-bond acceptors (Lipinski definition) is 5. The minimum absolute atomic E-state index is 0.372. The highest BCUT2D eigenvalue weighted by Gasteiger charge is 2.30. The first-order chi connectivity index (χ1) is 19.0. The van der Waals surface area contributed by atoms with Gasteiger partial charge in [0.1, 0.15) is 5.82 Å². The maximum Gasteiger partial charge on any atom is 0.103 e. The smallest absolute Gasteiger partial charge is 0.103 e. The Hall–Kier alpha value is -3.44. The van der Waals surface area contributed by atoms with Crippen molar-refractivity contribution >= 4 is 5.70 Å². The van der Waals surface area contributed by atoms with Crippen LogP contribution in [-0.4, -0.2) is 42.0 Å². The SMILES string of the molecule is C=C(NCC(CCCCN)C(=C)N1CCC(N2C=C(c3ccccc3)NC2=C)CC1)C(C)Cc1ccccc1. The highest BCUT2D eigenvalue weighted by atomic mass is 15.3. The molecule has 0 amide bonds. The molecular formula is C34H47N5. The van der Waals surface area contributed by atoms with Crippen molar-refractivity contribution in [3.05, 3.63) is 115 Å². The van der Waals surface area contributed by atoms with Gasteiger partial charge in [-0.15, -0.1) is 0 Å². The first kappa shape index (κ1) is 28.6. The third kappa shape index (κ3) is 7.79. The van der Waals surface area contributed by atoms with Gasteiger partial charge in [-0.1, -0.05) is 93.7 Å². The molecule has 2 heterocycles. The van der Waals surface area contributed by atoms with Crippen LogP contribution < -0.4 is 16.4 Å². The van der Waals surface area contributed by atoms with Crippen LogP contribution in [0.15, 0.2) is 104 Å². The van der Waals surface area contributed by atoms with Gasteiger partial charge in [0.05, 0.1) is 5.70 Å². The fourth-order valence-electron chi connectivity index (χ4n) is 5.69. The van der Waals surface area contributed by atoms with E-state index in [2.05, 4.69) is 108 Å². The van der Waals surface area contributed by atoms with Gasteiger partial charge < -0.3 is 26.2 Å². The lowest BCUT2D eigenvalue weighted by atomic mass is 9.94. The minimum atomic E-state index is 0.372. The van der Waals surface area contributed by atoms with Crippen molar-refractivity contribution in [3.8, 4) is 0 Å². The molecule has 0 spiro atoms. The molecule has 4 rings (SSSR count). The van der Waals surface area contributed by atoms with Gasteiger partial charge in [0.15, 0.2) is 0 Å². The molecule has 0 aliphatic carbocycles. The monoisotopic (exact) mass is 525 g/mol. The Bertz CT molecular complexity index is 1110. The summed E-state index contributed by atoms with van der Waals surface area (Å²) in [6.45, 7) is 19.2. The number of nitrogens with one attached hydrogen (secondary N) is 2. The summed E-state index contributed by atoms with van der Waals surface area (Å²) in [5, 5.41) is 7.16. The van der Waals surface area contributed by atoms with Crippen LogP contribution in [0, 0.1) is 11.8 Å². The van der Waals surface area contributed by atoms with E-state index in [-0.39, 0.29) is 0 Å². The van der Waals surface area contributed by atoms with Crippen molar-refractivity contribution in [3.63, 3.8) is 0 Å². The summed E-state index contributed by atoms with van der Waals surface area (Å²) in [6, 6.07) is 21.6. The van der Waals surface area contributed by atoms with Crippen LogP contribution in [0.25, 0.3) is 5.70 Å². The molecule has 5 heteroatoms. The predicted octanol–water partition coefficient (Wildman–Crippen LogP) is 6.07. The van der Waals surface area contributed by atoms with E-state index >= 15 is 0 Å². The van der Waals surface area contributed by atoms with E-state index in [1.807, 2.05) is 6.07 Å². The van der Waals surface area contributed by atoms with Crippen molar-refractivity contribution in [1.82, 2.24) is 20.4 Å². The molecule has 2 aromatic rings. The zero-order chi connectivity index (χ0) is 27.6. The summed E-state index contributed by atoms with van der Waals surface area (Å²) in [4.78, 5) is 4.84. The lowest BCUT2D eigenvalue weighted by Crippen LogP contribution is -2.43. The Labute approximate surface area is 236 Å². The van der Waals surface area contributed by atoms with Gasteiger partial charge in [-0.25, -0.2) is 0 Å². The third-order valence-electron chi connectivity index (χ3n) is 8.24. The summed E-state index contributed by atoms with van der Waals surface area (Å²) < 4.78 is 0. The molecule has 2 atom stereocenters. The molecule has 208 valence electrons. The van der Waals surface area contributed by atoms with Crippen LogP contribution in [0.5, 0.6) is 0 Å². The number of likely N-dealkylation sites (tertiary alicyclic amines) is 1. The molecule has 1 fully saturated rings. The first-order valence-electron chi connectivity index (χ1n) is 14.6. The largest absolute Gasteiger partial charge is 0.388 e. The minimum Gasteiger partial charge on any atom is -0.388 e. The molecule has 4 N–H and O–H groups in total. The van der Waals surface area contributed by atoms with E-state index in [4.69, 9.17) is 5.73 Å². The van der Waals surface area contributed by atoms with Gasteiger partial charge in [-0.05, 0) is 55.7 Å². The highest BCUT2D eigenvalue weighted by molar-refractivity contribution is 5.67. The summed E-state index contributed by atoms with van der Waals surface area (Å²) in [6.07, 6.45) is 8.67. The standard InChI is InChI=1S/C34H47N5/c1-26(23-30-13-7-5-8-14-30)27(2)36-24-32(17-11-12-20-35)28(3)38-21-18-33(19-22-38)39-25-34(37-29(39)4)31-15-9-6-10-16-31/h5-10,13-16,25-26,32-33,36-37H,2-4,11-12,17-24,35H2,1H3. The van der Waals surface area contributed by atoms with E-state index in [0.717, 1.165) is 81.9 Å². The van der Waals surface area contributed by atoms with Crippen LogP contribution in [0.3, 0.4) is 0 Å². The number of nitrogens with two attached hydrogens (primary N) is 1. The second-order valence-electron chi connectivity index (χ2n) is 11.1. The van der Waals surface area contributed by atoms with E-state index in [0.29, 0.717) is 17.9 Å². The summed E-state index contributed by atoms with van der Waals surface area (Å²) in [7, 11) is 0. The average Bonchev–Trinajstić information content (AvgIpc) is 3.37. The van der Waals surface area contributed by atoms with Crippen molar-refractivity contribution in [2.45, 2.75) is 51.5 Å². The van der Waals surface area contributed by atoms with Gasteiger partial charge >= 0.3 is 0 Å². The first-order valence-corrected chi connectivity index (χ1v) is 14.6. The van der Waals surface area contributed by atoms with Gasteiger partial charge in [0.25, 0.3) is 0 Å². The number of piperidine rings is 1. The quantitative estimate of drug-likeness (QED) is 0.262. The predicted molar refractivity (Wildman–Crippen MR) is 165 cm³/mol. The van der Waals surface area contributed by atoms with Gasteiger partial charge in [0, 0.05) is 49.2 Å². The molecule has 2 aromatic carbocycles. The molecule has 5 nitrogen and oxygen atoms in total. The molecule has 0 bridgehead atoms. The topological polar surface area (TPSA) is 56.6 Å². The van der Waals surface area contributed by atoms with Gasteiger partial charge in [-0.3, -0.25) is 0 Å². The highest BCUT2D eigenvalue weighted by Crippen LogP contribution is 2.30. The second-order valence-corrected chi connectivity index (χ2v) is 11.1. The number of allylic oxidation sites excluding steroid dienone is 1. The van der Waals surface area contributed by atoms with Crippen molar-refractivity contribution < 1.29 is 0 Å². The maximum atomic E-state index is 5.82. The Kier molecular flexibility index (Phi) is 10.3. The maximum absolute atomic E-state index is 5.82. The average molecular weight is 526 g/mol. The van der Waals surface area contributed by atoms with E-state index < -0.39 is 0 Å². The second kappa shape index (κ2) is 14.1. The molecule has 2 unspecified atom stereocenters. The lowest BCUT2D eigenvalue weighted by molar-refractivity contribution is 0.175. The Morgan fingerprint density at radius 3 is 2.36 bits per heavy atom. The molecular weight excluding hydrogens is 478 g/mol. The van der Waals surface area contributed by atoms with Gasteiger partial charge in [0.2, 0.25) is 0 Å². The molecule has 0 saturated carbocycles. The molecule has 2 aliphatic heterocycles. The lowest BCUT2D eigenvalue weighted by Gasteiger charge is -2.40. The molecule has 39 heavy (non-hydrogen) atoms. The van der Waals surface area contributed by atoms with Crippen molar-refractivity contribution in [2.75, 3.05) is 26.2 Å². The van der Waals surface area contributed by atoms with Crippen LogP contribution in [0.2, 0.25) is 0 Å². The zero-order valence-electron chi connectivity index (χ0n) is 23.7. The summed E-state index contributed by atoms with van der Waals surface area (Å²) in [5.41, 5.74) is 11.8. The third-order valence-corrected chi connectivity index (χ3v) is 8.24. The van der Waals surface area contributed by atoms with Crippen molar-refractivity contribution in [2.24, 2.45) is 17.6 Å². The Morgan fingerprint density at radius 1 is 1.03 bits per heavy atom. The van der Waals surface area contributed by atoms with Crippen LogP contribution in [0.1, 0.15) is 50.2 Å². The summed E-state index contributed by atoms with van der Waals surface area (Å²) in [5.74, 6) is 1.72. The number of nitrogens with zero attached hydrogens (tertiary/aromatic N) is 2. The van der Waals surface area contributed by atoms with E-state index in [1.165, 1.54) is 16.8 Å². The molecule has 2 aliphatic rings. The Morgan fingerprint density at radius 2 is 1.69 bits per heavy atom. The number of unbranched alkanes of at least 4 members (excludes halogenated alkanes) is 1. The fraction of sp³-hybridized carbons (Fsp3) is 0.412. The Balaban J connectivity index is 1.31. The van der Waals surface area contributed by atoms with Crippen LogP contribution >= 0.6 is 0 Å². The fourth-order valence-corrected chi connectivity index (χ4v) is 5.69. The number of rotatable bonds is 14. The molecule has 0 aromatic heterocycles. The van der Waals surface area contributed by atoms with E-state index in [9.17, 15) is 0 Å². The number of benzene rings is 2. The number of hydrogen-bond donors (Lipinski definition) is 3. The summed E-state index contributed by atoms with van der Waals surface area (Å²) >= 11 is 0. The van der Waals surface area contributed by atoms with Crippen LogP contribution in [0.4, 0.5) is 0 Å². The van der Waals surface area contributed by atoms with Gasteiger partial charge in [-0.2, -0.15) is 0 Å². The molecule has 1 saturated heterocycles. The van der Waals surface area contributed by atoms with E-state index in [1.54, 1.807) is 0 Å². The van der Waals surface area contributed by atoms with Crippen LogP contribution in [-0.2, 0) is 6.42 Å². The van der Waals surface area contributed by atoms with Crippen molar-refractivity contribution in [1.29, 1.82) is 0 Å². The molecule has 0 radical (unpaired) electrons.